The molecule has 0 aliphatic carbocycles. The SMILES string of the molecule is N#Cc1cccc(NC2CCS(=O)(=O)C2)c1. The van der Waals surface area contributed by atoms with Gasteiger partial charge >= 0.3 is 0 Å². The van der Waals surface area contributed by atoms with E-state index in [9.17, 15) is 8.42 Å². The third kappa shape index (κ3) is 2.52. The molecule has 1 unspecified atom stereocenters. The Hall–Kier alpha value is -1.54. The molecule has 0 spiro atoms. The van der Waals surface area contributed by atoms with Crippen LogP contribution in [-0.2, 0) is 9.84 Å². The van der Waals surface area contributed by atoms with Crippen molar-refractivity contribution in [1.29, 1.82) is 5.26 Å². The average Bonchev–Trinajstić information content (AvgIpc) is 2.58. The maximum absolute atomic E-state index is 11.3. The maximum Gasteiger partial charge on any atom is 0.152 e. The summed E-state index contributed by atoms with van der Waals surface area (Å²) < 4.78 is 22.5. The molecule has 1 saturated heterocycles. The van der Waals surface area contributed by atoms with Crippen LogP contribution in [0, 0.1) is 11.3 Å². The quantitative estimate of drug-likeness (QED) is 0.836. The Morgan fingerprint density at radius 1 is 1.44 bits per heavy atom. The van der Waals surface area contributed by atoms with Crippen molar-refractivity contribution in [3.05, 3.63) is 29.8 Å². The second-order valence-electron chi connectivity index (χ2n) is 3.94. The van der Waals surface area contributed by atoms with E-state index in [1.807, 2.05) is 6.07 Å². The van der Waals surface area contributed by atoms with Gasteiger partial charge in [0, 0.05) is 11.7 Å². The first-order valence-electron chi connectivity index (χ1n) is 5.06. The van der Waals surface area contributed by atoms with Gasteiger partial charge in [-0.1, -0.05) is 6.07 Å². The van der Waals surface area contributed by atoms with Gasteiger partial charge in [-0.2, -0.15) is 5.26 Å². The van der Waals surface area contributed by atoms with E-state index in [1.54, 1.807) is 18.2 Å². The monoisotopic (exact) mass is 236 g/mol. The van der Waals surface area contributed by atoms with Gasteiger partial charge in [0.2, 0.25) is 0 Å². The van der Waals surface area contributed by atoms with Crippen LogP contribution in [0.25, 0.3) is 0 Å². The largest absolute Gasteiger partial charge is 0.381 e. The zero-order valence-electron chi connectivity index (χ0n) is 8.68. The van der Waals surface area contributed by atoms with Crippen LogP contribution >= 0.6 is 0 Å². The number of nitriles is 1. The molecule has 0 bridgehead atoms. The van der Waals surface area contributed by atoms with Gasteiger partial charge in [0.25, 0.3) is 0 Å². The van der Waals surface area contributed by atoms with E-state index >= 15 is 0 Å². The lowest BCUT2D eigenvalue weighted by Crippen LogP contribution is -2.20. The molecule has 0 radical (unpaired) electrons. The first-order valence-corrected chi connectivity index (χ1v) is 6.88. The van der Waals surface area contributed by atoms with Crippen LogP contribution in [0.15, 0.2) is 24.3 Å². The van der Waals surface area contributed by atoms with E-state index in [1.165, 1.54) is 0 Å². The number of hydrogen-bond donors (Lipinski definition) is 1. The van der Waals surface area contributed by atoms with Crippen LogP contribution in [0.5, 0.6) is 0 Å². The molecule has 1 aliphatic heterocycles. The summed E-state index contributed by atoms with van der Waals surface area (Å²) in [7, 11) is -2.86. The first-order chi connectivity index (χ1) is 7.59. The lowest BCUT2D eigenvalue weighted by molar-refractivity contribution is 0.602. The molecule has 1 fully saturated rings. The minimum atomic E-state index is -2.86. The molecule has 2 rings (SSSR count). The Labute approximate surface area is 94.8 Å². The van der Waals surface area contributed by atoms with Gasteiger partial charge in [-0.05, 0) is 24.6 Å². The number of sulfone groups is 1. The Bertz CT molecular complexity index is 531. The highest BCUT2D eigenvalue weighted by Crippen LogP contribution is 2.18. The minimum Gasteiger partial charge on any atom is -0.381 e. The van der Waals surface area contributed by atoms with Gasteiger partial charge in [-0.25, -0.2) is 8.42 Å². The third-order valence-corrected chi connectivity index (χ3v) is 4.36. The number of hydrogen-bond acceptors (Lipinski definition) is 4. The van der Waals surface area contributed by atoms with Crippen LogP contribution in [-0.4, -0.2) is 26.0 Å². The van der Waals surface area contributed by atoms with Crippen LogP contribution in [0.4, 0.5) is 5.69 Å². The van der Waals surface area contributed by atoms with Gasteiger partial charge in [0.05, 0.1) is 23.1 Å². The molecular formula is C11H12N2O2S. The first kappa shape index (κ1) is 11.0. The fraction of sp³-hybridized carbons (Fsp3) is 0.364. The van der Waals surface area contributed by atoms with E-state index in [0.717, 1.165) is 5.69 Å². The number of rotatable bonds is 2. The smallest absolute Gasteiger partial charge is 0.152 e. The van der Waals surface area contributed by atoms with E-state index < -0.39 is 9.84 Å². The molecule has 0 saturated carbocycles. The van der Waals surface area contributed by atoms with E-state index in [4.69, 9.17) is 5.26 Å². The van der Waals surface area contributed by atoms with Crippen LogP contribution in [0.3, 0.4) is 0 Å². The Balaban J connectivity index is 2.08. The fourth-order valence-electron chi connectivity index (χ4n) is 1.82. The van der Waals surface area contributed by atoms with Gasteiger partial charge in [0.15, 0.2) is 9.84 Å². The third-order valence-electron chi connectivity index (χ3n) is 2.59. The Kier molecular flexibility index (Phi) is 2.84. The van der Waals surface area contributed by atoms with Gasteiger partial charge in [-0.3, -0.25) is 0 Å². The van der Waals surface area contributed by atoms with Gasteiger partial charge in [-0.15, -0.1) is 0 Å². The predicted molar refractivity (Wildman–Crippen MR) is 61.8 cm³/mol. The standard InChI is InChI=1S/C11H12N2O2S/c12-7-9-2-1-3-10(6-9)13-11-4-5-16(14,15)8-11/h1-3,6,11,13H,4-5,8H2. The summed E-state index contributed by atoms with van der Waals surface area (Å²) in [6, 6.07) is 9.09. The summed E-state index contributed by atoms with van der Waals surface area (Å²) in [5.74, 6) is 0.437. The summed E-state index contributed by atoms with van der Waals surface area (Å²) in [6.45, 7) is 0. The fourth-order valence-corrected chi connectivity index (χ4v) is 3.50. The summed E-state index contributed by atoms with van der Waals surface area (Å²) in [5, 5.41) is 11.9. The number of benzene rings is 1. The molecule has 0 aromatic heterocycles. The summed E-state index contributed by atoms with van der Waals surface area (Å²) in [5.41, 5.74) is 1.38. The highest BCUT2D eigenvalue weighted by atomic mass is 32.2. The van der Waals surface area contributed by atoms with Crippen LogP contribution in [0.1, 0.15) is 12.0 Å². The lowest BCUT2D eigenvalue weighted by atomic mass is 10.2. The molecule has 0 amide bonds. The van der Waals surface area contributed by atoms with Crippen molar-refractivity contribution in [2.45, 2.75) is 12.5 Å². The van der Waals surface area contributed by atoms with Gasteiger partial charge in [0.1, 0.15) is 0 Å². The highest BCUT2D eigenvalue weighted by Gasteiger charge is 2.27. The molecule has 1 aliphatic rings. The molecule has 4 nitrogen and oxygen atoms in total. The summed E-state index contributed by atoms with van der Waals surface area (Å²) >= 11 is 0. The molecular weight excluding hydrogens is 224 g/mol. The predicted octanol–water partition coefficient (Wildman–Crippen LogP) is 1.16. The van der Waals surface area contributed by atoms with Crippen LogP contribution in [0.2, 0.25) is 0 Å². The molecule has 84 valence electrons. The summed E-state index contributed by atoms with van der Waals surface area (Å²) in [4.78, 5) is 0. The van der Waals surface area contributed by atoms with E-state index in [0.29, 0.717) is 12.0 Å². The van der Waals surface area contributed by atoms with Crippen molar-refractivity contribution >= 4 is 15.5 Å². The normalized spacial score (nSPS) is 22.6. The van der Waals surface area contributed by atoms with Crippen molar-refractivity contribution in [2.24, 2.45) is 0 Å². The number of nitrogens with zero attached hydrogens (tertiary/aromatic N) is 1. The van der Waals surface area contributed by atoms with Crippen LogP contribution < -0.4 is 5.32 Å². The maximum atomic E-state index is 11.3. The second kappa shape index (κ2) is 4.14. The lowest BCUT2D eigenvalue weighted by Gasteiger charge is -2.12. The van der Waals surface area contributed by atoms with Crippen molar-refractivity contribution in [2.75, 3.05) is 16.8 Å². The molecule has 1 aromatic carbocycles. The second-order valence-corrected chi connectivity index (χ2v) is 6.17. The average molecular weight is 236 g/mol. The number of anilines is 1. The zero-order valence-corrected chi connectivity index (χ0v) is 9.50. The highest BCUT2D eigenvalue weighted by molar-refractivity contribution is 7.91. The molecule has 5 heteroatoms. The molecule has 1 N–H and O–H groups in total. The summed E-state index contributed by atoms with van der Waals surface area (Å²) in [6.07, 6.45) is 0.638. The topological polar surface area (TPSA) is 70.0 Å². The van der Waals surface area contributed by atoms with Crippen molar-refractivity contribution in [3.8, 4) is 6.07 Å². The Morgan fingerprint density at radius 2 is 2.25 bits per heavy atom. The van der Waals surface area contributed by atoms with Gasteiger partial charge < -0.3 is 5.32 Å². The van der Waals surface area contributed by atoms with E-state index in [2.05, 4.69) is 11.4 Å². The van der Waals surface area contributed by atoms with E-state index in [-0.39, 0.29) is 17.5 Å². The molecule has 1 aromatic rings. The van der Waals surface area contributed by atoms with Crippen molar-refractivity contribution in [3.63, 3.8) is 0 Å². The van der Waals surface area contributed by atoms with Crippen molar-refractivity contribution in [1.82, 2.24) is 0 Å². The molecule has 16 heavy (non-hydrogen) atoms. The zero-order chi connectivity index (χ0) is 11.6. The molecule has 1 atom stereocenters. The minimum absolute atomic E-state index is 0.0288. The molecule has 1 heterocycles. The van der Waals surface area contributed by atoms with Crippen molar-refractivity contribution < 1.29 is 8.42 Å². The number of nitrogens with one attached hydrogen (secondary N) is 1. The Morgan fingerprint density at radius 3 is 2.88 bits per heavy atom.